The lowest BCUT2D eigenvalue weighted by molar-refractivity contribution is -0.143. The van der Waals surface area contributed by atoms with E-state index in [1.54, 1.807) is 6.26 Å². The number of rotatable bonds is 6. The maximum atomic E-state index is 12.5. The predicted molar refractivity (Wildman–Crippen MR) is 115 cm³/mol. The summed E-state index contributed by atoms with van der Waals surface area (Å²) in [6.45, 7) is 7.79. The van der Waals surface area contributed by atoms with Crippen LogP contribution in [-0.2, 0) is 6.54 Å². The van der Waals surface area contributed by atoms with Gasteiger partial charge in [-0.05, 0) is 25.8 Å². The number of likely N-dealkylation sites (tertiary alicyclic amines) is 1. The quantitative estimate of drug-likeness (QED) is 0.346. The average molecular weight is 530 g/mol. The van der Waals surface area contributed by atoms with Gasteiger partial charge in [-0.2, -0.15) is 13.2 Å². The van der Waals surface area contributed by atoms with Crippen molar-refractivity contribution in [3.63, 3.8) is 0 Å². The molecule has 2 fully saturated rings. The number of aliphatic imine (C=N–C) groups is 1. The molecule has 2 aliphatic rings. The van der Waals surface area contributed by atoms with Crippen LogP contribution in [0.15, 0.2) is 21.8 Å². The topological polar surface area (TPSA) is 60.1 Å². The fraction of sp³-hybridized carbons (Fsp3) is 0.778. The number of piperazine rings is 1. The Labute approximate surface area is 186 Å². The van der Waals surface area contributed by atoms with Gasteiger partial charge in [-0.15, -0.1) is 24.0 Å². The Balaban J connectivity index is 0.00000300. The van der Waals surface area contributed by atoms with Gasteiger partial charge in [-0.1, -0.05) is 5.16 Å². The van der Waals surface area contributed by atoms with E-state index >= 15 is 0 Å². The molecule has 1 N–H and O–H groups in total. The minimum atomic E-state index is -4.13. The van der Waals surface area contributed by atoms with E-state index in [1.165, 1.54) is 4.90 Å². The normalized spacial score (nSPS) is 22.0. The van der Waals surface area contributed by atoms with Crippen LogP contribution in [0.25, 0.3) is 0 Å². The molecule has 0 saturated carbocycles. The van der Waals surface area contributed by atoms with E-state index in [0.29, 0.717) is 19.6 Å². The van der Waals surface area contributed by atoms with Crippen LogP contribution in [0.1, 0.15) is 19.0 Å². The highest BCUT2D eigenvalue weighted by Gasteiger charge is 2.34. The first kappa shape index (κ1) is 24.2. The lowest BCUT2D eigenvalue weighted by Gasteiger charge is -2.36. The summed E-state index contributed by atoms with van der Waals surface area (Å²) < 4.78 is 42.5. The van der Waals surface area contributed by atoms with E-state index in [-0.39, 0.29) is 29.9 Å². The molecule has 11 heteroatoms. The molecule has 166 valence electrons. The van der Waals surface area contributed by atoms with Gasteiger partial charge in [0.25, 0.3) is 0 Å². The average Bonchev–Trinajstić information content (AvgIpc) is 3.30. The first-order valence-corrected chi connectivity index (χ1v) is 9.87. The van der Waals surface area contributed by atoms with Crippen LogP contribution >= 0.6 is 24.0 Å². The summed E-state index contributed by atoms with van der Waals surface area (Å²) in [4.78, 5) is 10.8. The summed E-state index contributed by atoms with van der Waals surface area (Å²) in [5.41, 5.74) is 0.929. The summed E-state index contributed by atoms with van der Waals surface area (Å²) in [6.07, 6.45) is -1.77. The van der Waals surface area contributed by atoms with E-state index in [4.69, 9.17) is 9.52 Å². The van der Waals surface area contributed by atoms with Crippen LogP contribution in [0, 0.1) is 5.92 Å². The van der Waals surface area contributed by atoms with E-state index < -0.39 is 12.7 Å². The number of hydrogen-bond donors (Lipinski definition) is 1. The van der Waals surface area contributed by atoms with Crippen LogP contribution in [0.2, 0.25) is 0 Å². The number of nitrogens with zero attached hydrogens (tertiary/aromatic N) is 5. The Morgan fingerprint density at radius 1 is 1.24 bits per heavy atom. The Hall–Kier alpha value is -1.08. The Morgan fingerprint density at radius 2 is 2.00 bits per heavy atom. The van der Waals surface area contributed by atoms with Crippen molar-refractivity contribution in [1.29, 1.82) is 0 Å². The van der Waals surface area contributed by atoms with Crippen LogP contribution in [0.4, 0.5) is 13.2 Å². The third-order valence-corrected chi connectivity index (χ3v) is 5.16. The predicted octanol–water partition coefficient (Wildman–Crippen LogP) is 2.26. The molecule has 0 radical (unpaired) electrons. The summed E-state index contributed by atoms with van der Waals surface area (Å²) in [5, 5.41) is 7.28. The van der Waals surface area contributed by atoms with E-state index in [0.717, 1.165) is 57.3 Å². The van der Waals surface area contributed by atoms with Gasteiger partial charge in [0, 0.05) is 58.4 Å². The zero-order valence-electron chi connectivity index (χ0n) is 16.7. The minimum absolute atomic E-state index is 0. The zero-order valence-corrected chi connectivity index (χ0v) is 19.0. The molecule has 0 bridgehead atoms. The standard InChI is InChI=1S/C18H29F3N6O.HI/c1-2-22-17(23-11-15-3-5-26(12-15)14-18(19,20)21)27-8-6-25(7-9-27)13-16-4-10-28-24-16;/h4,10,15H,2-3,5-9,11-14H2,1H3,(H,22,23);1H. The number of nitrogens with one attached hydrogen (secondary N) is 1. The van der Waals surface area contributed by atoms with Crippen LogP contribution in [0.5, 0.6) is 0 Å². The summed E-state index contributed by atoms with van der Waals surface area (Å²) in [7, 11) is 0. The molecule has 0 amide bonds. The smallest absolute Gasteiger partial charge is 0.364 e. The first-order chi connectivity index (χ1) is 13.4. The van der Waals surface area contributed by atoms with Gasteiger partial charge < -0.3 is 14.7 Å². The second-order valence-corrected chi connectivity index (χ2v) is 7.45. The largest absolute Gasteiger partial charge is 0.401 e. The van der Waals surface area contributed by atoms with Gasteiger partial charge in [-0.3, -0.25) is 14.8 Å². The van der Waals surface area contributed by atoms with Crippen molar-refractivity contribution in [2.24, 2.45) is 10.9 Å². The molecule has 1 atom stereocenters. The molecule has 29 heavy (non-hydrogen) atoms. The number of guanidine groups is 1. The molecule has 1 aromatic heterocycles. The highest BCUT2D eigenvalue weighted by atomic mass is 127. The highest BCUT2D eigenvalue weighted by Crippen LogP contribution is 2.23. The summed E-state index contributed by atoms with van der Waals surface area (Å²) in [5.74, 6) is 1.04. The number of halogens is 4. The van der Waals surface area contributed by atoms with E-state index in [9.17, 15) is 13.2 Å². The van der Waals surface area contributed by atoms with Crippen molar-refractivity contribution in [2.45, 2.75) is 26.1 Å². The molecular formula is C18H30F3IN6O. The SMILES string of the molecule is CCNC(=NCC1CCN(CC(F)(F)F)C1)N1CCN(Cc2ccon2)CC1.I. The van der Waals surface area contributed by atoms with Crippen molar-refractivity contribution < 1.29 is 17.7 Å². The molecule has 3 heterocycles. The molecule has 0 aromatic carbocycles. The number of alkyl halides is 3. The number of aromatic nitrogens is 1. The van der Waals surface area contributed by atoms with Gasteiger partial charge in [0.05, 0.1) is 12.2 Å². The Kier molecular flexibility index (Phi) is 9.47. The van der Waals surface area contributed by atoms with Crippen molar-refractivity contribution in [1.82, 2.24) is 25.2 Å². The van der Waals surface area contributed by atoms with Crippen LogP contribution in [-0.4, -0.2) is 90.9 Å². The van der Waals surface area contributed by atoms with Crippen LogP contribution in [0.3, 0.4) is 0 Å². The monoisotopic (exact) mass is 530 g/mol. The molecule has 7 nitrogen and oxygen atoms in total. The second-order valence-electron chi connectivity index (χ2n) is 7.45. The van der Waals surface area contributed by atoms with Gasteiger partial charge in [0.2, 0.25) is 0 Å². The molecule has 0 spiro atoms. The van der Waals surface area contributed by atoms with Crippen molar-refractivity contribution in [3.05, 3.63) is 18.0 Å². The second kappa shape index (κ2) is 11.3. The number of hydrogen-bond acceptors (Lipinski definition) is 5. The van der Waals surface area contributed by atoms with Gasteiger partial charge >= 0.3 is 6.18 Å². The van der Waals surface area contributed by atoms with E-state index in [2.05, 4.69) is 20.3 Å². The molecular weight excluding hydrogens is 500 g/mol. The molecule has 0 aliphatic carbocycles. The Bertz CT molecular complexity index is 620. The lowest BCUT2D eigenvalue weighted by atomic mass is 10.1. The lowest BCUT2D eigenvalue weighted by Crippen LogP contribution is -2.52. The molecule has 3 rings (SSSR count). The van der Waals surface area contributed by atoms with Gasteiger partial charge in [-0.25, -0.2) is 0 Å². The fourth-order valence-electron chi connectivity index (χ4n) is 3.77. The Morgan fingerprint density at radius 3 is 2.62 bits per heavy atom. The first-order valence-electron chi connectivity index (χ1n) is 9.87. The van der Waals surface area contributed by atoms with Crippen molar-refractivity contribution >= 4 is 29.9 Å². The summed E-state index contributed by atoms with van der Waals surface area (Å²) >= 11 is 0. The maximum Gasteiger partial charge on any atom is 0.401 e. The molecule has 2 saturated heterocycles. The molecule has 1 aromatic rings. The fourth-order valence-corrected chi connectivity index (χ4v) is 3.77. The van der Waals surface area contributed by atoms with Crippen molar-refractivity contribution in [2.75, 3.05) is 58.9 Å². The molecule has 1 unspecified atom stereocenters. The van der Waals surface area contributed by atoms with Crippen molar-refractivity contribution in [3.8, 4) is 0 Å². The third kappa shape index (κ3) is 7.93. The summed E-state index contributed by atoms with van der Waals surface area (Å²) in [6, 6.07) is 1.88. The zero-order chi connectivity index (χ0) is 20.0. The molecule has 2 aliphatic heterocycles. The maximum absolute atomic E-state index is 12.5. The van der Waals surface area contributed by atoms with Gasteiger partial charge in [0.15, 0.2) is 5.96 Å². The van der Waals surface area contributed by atoms with Crippen LogP contribution < -0.4 is 5.32 Å². The van der Waals surface area contributed by atoms with Gasteiger partial charge in [0.1, 0.15) is 6.26 Å². The minimum Gasteiger partial charge on any atom is -0.364 e. The van der Waals surface area contributed by atoms with E-state index in [1.807, 2.05) is 13.0 Å². The highest BCUT2D eigenvalue weighted by molar-refractivity contribution is 14.0. The third-order valence-electron chi connectivity index (χ3n) is 5.16.